The normalized spacial score (nSPS) is 15.9. The summed E-state index contributed by atoms with van der Waals surface area (Å²) in [5, 5.41) is 19.5. The van der Waals surface area contributed by atoms with Gasteiger partial charge in [0, 0.05) is 0 Å². The van der Waals surface area contributed by atoms with Crippen LogP contribution in [0.3, 0.4) is 0 Å². The summed E-state index contributed by atoms with van der Waals surface area (Å²) >= 11 is 0. The number of rotatable bonds is 4. The molecule has 4 nitrogen and oxygen atoms in total. The summed E-state index contributed by atoms with van der Waals surface area (Å²) in [5.74, 6) is 0.525. The topological polar surface area (TPSA) is 61.8 Å². The fourth-order valence-electron chi connectivity index (χ4n) is 1.04. The minimum absolute atomic E-state index is 0.473. The molecule has 1 aromatic heterocycles. The Morgan fingerprint density at radius 2 is 2.42 bits per heavy atom. The van der Waals surface area contributed by atoms with Gasteiger partial charge in [0.15, 0.2) is 0 Å². The van der Waals surface area contributed by atoms with Crippen molar-refractivity contribution >= 4 is 0 Å². The number of aliphatic hydroxyl groups excluding tert-OH is 1. The number of aliphatic hydroxyl groups is 1. The Morgan fingerprint density at radius 3 is 2.92 bits per heavy atom. The highest BCUT2D eigenvalue weighted by Crippen LogP contribution is 2.19. The van der Waals surface area contributed by atoms with Gasteiger partial charge in [0.2, 0.25) is 0 Å². The molecule has 0 saturated heterocycles. The van der Waals surface area contributed by atoms with Crippen molar-refractivity contribution < 1.29 is 5.11 Å². The van der Waals surface area contributed by atoms with Crippen molar-refractivity contribution in [3.63, 3.8) is 0 Å². The van der Waals surface area contributed by atoms with E-state index in [4.69, 9.17) is 0 Å². The van der Waals surface area contributed by atoms with Crippen molar-refractivity contribution in [2.45, 2.75) is 32.8 Å². The van der Waals surface area contributed by atoms with Gasteiger partial charge in [-0.1, -0.05) is 20.3 Å². The molecular weight excluding hydrogens is 154 g/mol. The third-order valence-electron chi connectivity index (χ3n) is 2.10. The summed E-state index contributed by atoms with van der Waals surface area (Å²) in [6.07, 6.45) is 2.92. The van der Waals surface area contributed by atoms with Crippen LogP contribution in [0.1, 0.15) is 38.5 Å². The Hall–Kier alpha value is -0.900. The van der Waals surface area contributed by atoms with E-state index in [1.54, 1.807) is 6.20 Å². The molecule has 12 heavy (non-hydrogen) atoms. The Kier molecular flexibility index (Phi) is 3.22. The van der Waals surface area contributed by atoms with E-state index in [0.29, 0.717) is 11.6 Å². The molecule has 68 valence electrons. The molecular formula is C8H15N3O. The maximum atomic E-state index is 9.59. The standard InChI is InChI=1S/C8H15N3O/c1-3-6(2)4-8(12)7-5-9-11-10-7/h5-6,8,12H,3-4H2,1-2H3,(H,9,10,11). The molecule has 0 spiro atoms. The van der Waals surface area contributed by atoms with Gasteiger partial charge in [0.25, 0.3) is 0 Å². The highest BCUT2D eigenvalue weighted by molar-refractivity contribution is 4.95. The van der Waals surface area contributed by atoms with E-state index in [1.807, 2.05) is 0 Å². The minimum atomic E-state index is -0.473. The second-order valence-corrected chi connectivity index (χ2v) is 3.16. The SMILES string of the molecule is CCC(C)CC(O)c1cn[nH]n1. The predicted molar refractivity (Wildman–Crippen MR) is 45.4 cm³/mol. The Labute approximate surface area is 72.0 Å². The molecule has 0 aliphatic rings. The highest BCUT2D eigenvalue weighted by atomic mass is 16.3. The number of H-pyrrole nitrogens is 1. The maximum absolute atomic E-state index is 9.59. The quantitative estimate of drug-likeness (QED) is 0.713. The minimum Gasteiger partial charge on any atom is -0.387 e. The summed E-state index contributed by atoms with van der Waals surface area (Å²) in [6, 6.07) is 0. The smallest absolute Gasteiger partial charge is 0.111 e. The van der Waals surface area contributed by atoms with E-state index in [0.717, 1.165) is 12.8 Å². The summed E-state index contributed by atoms with van der Waals surface area (Å²) in [4.78, 5) is 0. The Bertz CT molecular complexity index is 210. The first-order valence-electron chi connectivity index (χ1n) is 4.27. The van der Waals surface area contributed by atoms with Gasteiger partial charge in [0.1, 0.15) is 5.69 Å². The maximum Gasteiger partial charge on any atom is 0.111 e. The van der Waals surface area contributed by atoms with Crippen LogP contribution in [0.25, 0.3) is 0 Å². The summed E-state index contributed by atoms with van der Waals surface area (Å²) in [6.45, 7) is 4.23. The van der Waals surface area contributed by atoms with Crippen LogP contribution >= 0.6 is 0 Å². The van der Waals surface area contributed by atoms with Crippen molar-refractivity contribution in [3.05, 3.63) is 11.9 Å². The molecule has 2 unspecified atom stereocenters. The highest BCUT2D eigenvalue weighted by Gasteiger charge is 2.13. The summed E-state index contributed by atoms with van der Waals surface area (Å²) in [5.41, 5.74) is 0.635. The number of aromatic amines is 1. The fraction of sp³-hybridized carbons (Fsp3) is 0.750. The van der Waals surface area contributed by atoms with Gasteiger partial charge in [-0.25, -0.2) is 0 Å². The third kappa shape index (κ3) is 2.30. The number of hydrogen-bond acceptors (Lipinski definition) is 3. The van der Waals surface area contributed by atoms with Crippen LogP contribution in [0.5, 0.6) is 0 Å². The monoisotopic (exact) mass is 169 g/mol. The third-order valence-corrected chi connectivity index (χ3v) is 2.10. The lowest BCUT2D eigenvalue weighted by Gasteiger charge is -2.11. The number of nitrogens with one attached hydrogen (secondary N) is 1. The van der Waals surface area contributed by atoms with Crippen LogP contribution in [-0.2, 0) is 0 Å². The zero-order valence-corrected chi connectivity index (χ0v) is 7.49. The number of hydrogen-bond donors (Lipinski definition) is 2. The van der Waals surface area contributed by atoms with Gasteiger partial charge in [-0.05, 0) is 12.3 Å². The van der Waals surface area contributed by atoms with E-state index in [2.05, 4.69) is 29.3 Å². The zero-order chi connectivity index (χ0) is 8.97. The van der Waals surface area contributed by atoms with E-state index in [9.17, 15) is 5.11 Å². The molecule has 0 aliphatic heterocycles. The molecule has 1 rings (SSSR count). The first-order valence-corrected chi connectivity index (χ1v) is 4.27. The number of nitrogens with zero attached hydrogens (tertiary/aromatic N) is 2. The van der Waals surface area contributed by atoms with Crippen molar-refractivity contribution in [2.24, 2.45) is 5.92 Å². The van der Waals surface area contributed by atoms with Crippen LogP contribution < -0.4 is 0 Å². The van der Waals surface area contributed by atoms with Gasteiger partial charge < -0.3 is 5.11 Å². The molecule has 4 heteroatoms. The van der Waals surface area contributed by atoms with E-state index >= 15 is 0 Å². The molecule has 2 N–H and O–H groups in total. The van der Waals surface area contributed by atoms with Crippen molar-refractivity contribution in [2.75, 3.05) is 0 Å². The lowest BCUT2D eigenvalue weighted by atomic mass is 10.00. The molecule has 1 heterocycles. The first kappa shape index (κ1) is 9.19. The van der Waals surface area contributed by atoms with Crippen LogP contribution in [0.4, 0.5) is 0 Å². The van der Waals surface area contributed by atoms with Crippen LogP contribution in [0, 0.1) is 5.92 Å². The lowest BCUT2D eigenvalue weighted by molar-refractivity contribution is 0.142. The van der Waals surface area contributed by atoms with E-state index in [-0.39, 0.29) is 0 Å². The first-order chi connectivity index (χ1) is 5.74. The van der Waals surface area contributed by atoms with Gasteiger partial charge in [-0.2, -0.15) is 15.4 Å². The molecule has 0 aromatic carbocycles. The number of aromatic nitrogens is 3. The van der Waals surface area contributed by atoms with Crippen molar-refractivity contribution in [1.82, 2.24) is 15.4 Å². The molecule has 0 bridgehead atoms. The molecule has 0 saturated carbocycles. The molecule has 2 atom stereocenters. The molecule has 0 radical (unpaired) electrons. The zero-order valence-electron chi connectivity index (χ0n) is 7.49. The van der Waals surface area contributed by atoms with Gasteiger partial charge in [-0.15, -0.1) is 0 Å². The molecule has 0 aliphatic carbocycles. The Morgan fingerprint density at radius 1 is 1.67 bits per heavy atom. The fourth-order valence-corrected chi connectivity index (χ4v) is 1.04. The van der Waals surface area contributed by atoms with Crippen LogP contribution in [0.2, 0.25) is 0 Å². The Balaban J connectivity index is 2.44. The second kappa shape index (κ2) is 4.21. The van der Waals surface area contributed by atoms with Crippen molar-refractivity contribution in [3.8, 4) is 0 Å². The lowest BCUT2D eigenvalue weighted by Crippen LogP contribution is -2.04. The molecule has 0 amide bonds. The van der Waals surface area contributed by atoms with Gasteiger partial charge in [0.05, 0.1) is 12.3 Å². The van der Waals surface area contributed by atoms with Gasteiger partial charge >= 0.3 is 0 Å². The molecule has 1 aromatic rings. The van der Waals surface area contributed by atoms with Crippen molar-refractivity contribution in [1.29, 1.82) is 0 Å². The van der Waals surface area contributed by atoms with E-state index in [1.165, 1.54) is 0 Å². The summed E-state index contributed by atoms with van der Waals surface area (Å²) < 4.78 is 0. The largest absolute Gasteiger partial charge is 0.387 e. The van der Waals surface area contributed by atoms with Crippen LogP contribution in [-0.4, -0.2) is 20.5 Å². The van der Waals surface area contributed by atoms with Crippen LogP contribution in [0.15, 0.2) is 6.20 Å². The predicted octanol–water partition coefficient (Wildman–Crippen LogP) is 1.27. The van der Waals surface area contributed by atoms with Gasteiger partial charge in [-0.3, -0.25) is 0 Å². The average Bonchev–Trinajstić information content (AvgIpc) is 2.56. The average molecular weight is 169 g/mol. The second-order valence-electron chi connectivity index (χ2n) is 3.16. The molecule has 0 fully saturated rings. The summed E-state index contributed by atoms with van der Waals surface area (Å²) in [7, 11) is 0. The van der Waals surface area contributed by atoms with E-state index < -0.39 is 6.10 Å².